The first-order valence-electron chi connectivity index (χ1n) is 28.9. The molecule has 14 rings (SSSR count). The number of amides is 4. The number of nitrogens with one attached hydrogen (secondary N) is 4. The van der Waals surface area contributed by atoms with Crippen LogP contribution >= 0.6 is 0 Å². The number of aryl methyl sites for hydroxylation is 2. The normalized spacial score (nSPS) is 24.6. The Morgan fingerprint density at radius 2 is 1.12 bits per heavy atom. The van der Waals surface area contributed by atoms with Crippen molar-refractivity contribution in [1.82, 2.24) is 40.4 Å². The van der Waals surface area contributed by atoms with Gasteiger partial charge in [-0.15, -0.1) is 0 Å². The van der Waals surface area contributed by atoms with Crippen LogP contribution < -0.4 is 10.6 Å². The van der Waals surface area contributed by atoms with Gasteiger partial charge in [0.05, 0.1) is 48.4 Å². The predicted octanol–water partition coefficient (Wildman–Crippen LogP) is 12.4. The highest BCUT2D eigenvalue weighted by molar-refractivity contribution is 5.89. The third-order valence-corrected chi connectivity index (χ3v) is 18.9. The van der Waals surface area contributed by atoms with E-state index in [1.807, 2.05) is 13.8 Å². The van der Waals surface area contributed by atoms with Crippen LogP contribution in [0.2, 0.25) is 0 Å². The molecule has 4 amide bonds. The second kappa shape index (κ2) is 22.0. The highest BCUT2D eigenvalue weighted by Crippen LogP contribution is 2.49. The maximum atomic E-state index is 14.7. The molecule has 2 saturated carbocycles. The number of aromatic amines is 2. The van der Waals surface area contributed by atoms with Gasteiger partial charge >= 0.3 is 12.2 Å². The molecule has 14 heteroatoms. The highest BCUT2D eigenvalue weighted by atomic mass is 16.5. The number of alkyl carbamates (subject to hydrolysis) is 2. The quantitative estimate of drug-likeness (QED) is 0.0937. The maximum absolute atomic E-state index is 14.7. The minimum Gasteiger partial charge on any atom is -0.453 e. The third kappa shape index (κ3) is 10.1. The molecule has 4 bridgehead atoms. The molecule has 8 aliphatic rings. The Kier molecular flexibility index (Phi) is 14.9. The van der Waals surface area contributed by atoms with Crippen molar-refractivity contribution in [2.45, 2.75) is 173 Å². The molecule has 0 spiro atoms. The van der Waals surface area contributed by atoms with Gasteiger partial charge in [-0.3, -0.25) is 9.59 Å². The molecule has 4 heterocycles. The molecule has 0 radical (unpaired) electrons. The van der Waals surface area contributed by atoms with Gasteiger partial charge in [-0.05, 0) is 156 Å². The number of aromatic nitrogens is 4. The van der Waals surface area contributed by atoms with Gasteiger partial charge in [0.1, 0.15) is 23.7 Å². The Hall–Kier alpha value is -6.70. The zero-order valence-electron chi connectivity index (χ0n) is 46.1. The van der Waals surface area contributed by atoms with E-state index in [9.17, 15) is 19.2 Å². The minimum atomic E-state index is -0.683. The molecule has 77 heavy (non-hydrogen) atoms. The number of carbonyl (C=O) groups excluding carboxylic acids is 4. The van der Waals surface area contributed by atoms with E-state index in [1.54, 1.807) is 0 Å². The monoisotopic (exact) mass is 1040 g/mol. The number of hydrogen-bond donors (Lipinski definition) is 4. The molecule has 2 aliphatic heterocycles. The average Bonchev–Trinajstić information content (AvgIpc) is 4.33. The molecule has 2 aromatic heterocycles. The van der Waals surface area contributed by atoms with Crippen molar-refractivity contribution >= 4 is 46.1 Å². The van der Waals surface area contributed by atoms with Gasteiger partial charge in [-0.2, -0.15) is 0 Å². The predicted molar refractivity (Wildman–Crippen MR) is 300 cm³/mol. The molecule has 6 aliphatic carbocycles. The van der Waals surface area contributed by atoms with E-state index >= 15 is 0 Å². The van der Waals surface area contributed by atoms with Gasteiger partial charge in [0, 0.05) is 12.1 Å². The first-order chi connectivity index (χ1) is 37.3. The zero-order valence-corrected chi connectivity index (χ0v) is 46.1. The maximum Gasteiger partial charge on any atom is 0.407 e. The number of imidazole rings is 2. The standard InChI is InChI=1S/C63H78N8O6/c1-8-35(3)56(68-62(74)76-6)60(72)70-52-16-12-10-14-44(52)33-54(70)58-64-48-26-24-42(31-50(48)66-58)46-29-38-18-20-39-22-23-40(37(5)28-41(46)21-19-38)30-47(39)43-25-27-49-51(32-43)67-59(65-49)55-34-45-15-11-13-17-53(45)71(55)61(73)57(36(4)9-2)69-63(75)77-7/h19,21-27,29-32,35-37,44-45,52-57H,8-18,20,28,33-34H2,1-7H3,(H,64,66)(H,65,67)(H,68,74)(H,69,75)/t35-,36-,37+,44-,45-,52-,53-,54-,55-,56-,57-/m0/s1. The van der Waals surface area contributed by atoms with Crippen LogP contribution in [0.5, 0.6) is 0 Å². The first-order valence-corrected chi connectivity index (χ1v) is 28.9. The number of fused-ring (bicyclic) bond motifs is 4. The summed E-state index contributed by atoms with van der Waals surface area (Å²) >= 11 is 0. The van der Waals surface area contributed by atoms with Crippen molar-refractivity contribution in [2.75, 3.05) is 14.2 Å². The Morgan fingerprint density at radius 1 is 0.623 bits per heavy atom. The van der Waals surface area contributed by atoms with Crippen molar-refractivity contribution in [3.05, 3.63) is 107 Å². The third-order valence-electron chi connectivity index (χ3n) is 18.9. The van der Waals surface area contributed by atoms with E-state index in [0.29, 0.717) is 11.8 Å². The lowest BCUT2D eigenvalue weighted by Crippen LogP contribution is -2.54. The summed E-state index contributed by atoms with van der Waals surface area (Å²) in [7, 11) is 2.69. The number of likely N-dealkylation sites (tertiary alicyclic amines) is 2. The van der Waals surface area contributed by atoms with Gasteiger partial charge in [-0.25, -0.2) is 19.6 Å². The van der Waals surface area contributed by atoms with Gasteiger partial charge in [0.15, 0.2) is 0 Å². The average molecular weight is 1040 g/mol. The van der Waals surface area contributed by atoms with Crippen molar-refractivity contribution in [3.8, 4) is 22.3 Å². The lowest BCUT2D eigenvalue weighted by molar-refractivity contribution is -0.139. The lowest BCUT2D eigenvalue weighted by atomic mass is 9.84. The summed E-state index contributed by atoms with van der Waals surface area (Å²) in [4.78, 5) is 76.5. The van der Waals surface area contributed by atoms with Crippen molar-refractivity contribution < 1.29 is 28.7 Å². The number of rotatable bonds is 12. The lowest BCUT2D eigenvalue weighted by Gasteiger charge is -2.37. The van der Waals surface area contributed by atoms with Crippen LogP contribution in [-0.4, -0.2) is 92.1 Å². The smallest absolute Gasteiger partial charge is 0.407 e. The SMILES string of the molecule is CC[C@H](C)[C@H](NC(=O)OC)C(=O)N1[C@H](c2nc3ccc(-c4cc5ccc4CCc4ccc(c(-c6ccc7nc([C@@H]8C[C@@H]9CCCC[C@@H]9N8C(=O)[C@@H](NC(=O)OC)[C@@H](C)CC)[nH]c7c6)c4)C[C@H]5C)cc3[nH]2)C[C@@H]2CCCC[C@@H]21. The fourth-order valence-electron chi connectivity index (χ4n) is 14.2. The van der Waals surface area contributed by atoms with Crippen LogP contribution in [0, 0.1) is 23.7 Å². The molecule has 4 fully saturated rings. The molecule has 4 aromatic carbocycles. The fraction of sp³-hybridized carbons (Fsp3) is 0.524. The summed E-state index contributed by atoms with van der Waals surface area (Å²) in [6.45, 7) is 10.5. The van der Waals surface area contributed by atoms with Crippen LogP contribution in [-0.2, 0) is 38.3 Å². The van der Waals surface area contributed by atoms with Crippen molar-refractivity contribution in [3.63, 3.8) is 0 Å². The summed E-state index contributed by atoms with van der Waals surface area (Å²) in [5, 5.41) is 5.79. The van der Waals surface area contributed by atoms with E-state index < -0.39 is 24.3 Å². The number of methoxy groups -OCH3 is 2. The first kappa shape index (κ1) is 52.4. The number of H-pyrrole nitrogens is 2. The molecule has 14 nitrogen and oxygen atoms in total. The summed E-state index contributed by atoms with van der Waals surface area (Å²) in [6, 6.07) is 25.6. The number of carbonyl (C=O) groups is 4. The molecular weight excluding hydrogens is 965 g/mol. The highest BCUT2D eigenvalue weighted by Gasteiger charge is 2.50. The fourth-order valence-corrected chi connectivity index (χ4v) is 14.2. The van der Waals surface area contributed by atoms with Gasteiger partial charge in [0.2, 0.25) is 11.8 Å². The van der Waals surface area contributed by atoms with E-state index in [1.165, 1.54) is 47.6 Å². The van der Waals surface area contributed by atoms with Gasteiger partial charge in [-0.1, -0.05) is 122 Å². The van der Waals surface area contributed by atoms with Crippen LogP contribution in [0.15, 0.2) is 72.8 Å². The van der Waals surface area contributed by atoms with Crippen molar-refractivity contribution in [2.24, 2.45) is 23.7 Å². The minimum absolute atomic E-state index is 0.0497. The summed E-state index contributed by atoms with van der Waals surface area (Å²) in [5.41, 5.74) is 13.5. The molecule has 4 N–H and O–H groups in total. The van der Waals surface area contributed by atoms with Crippen LogP contribution in [0.1, 0.15) is 164 Å². The Bertz CT molecular complexity index is 3180. The molecule has 406 valence electrons. The second-order valence-electron chi connectivity index (χ2n) is 23.4. The molecule has 6 aromatic rings. The van der Waals surface area contributed by atoms with E-state index in [0.717, 1.165) is 141 Å². The molecule has 2 saturated heterocycles. The van der Waals surface area contributed by atoms with E-state index in [2.05, 4.69) is 124 Å². The summed E-state index contributed by atoms with van der Waals surface area (Å²) in [5.74, 6) is 2.40. The van der Waals surface area contributed by atoms with Gasteiger partial charge < -0.3 is 39.9 Å². The zero-order chi connectivity index (χ0) is 53.6. The number of benzene rings is 4. The van der Waals surface area contributed by atoms with Crippen molar-refractivity contribution in [1.29, 1.82) is 0 Å². The number of ether oxygens (including phenoxy) is 2. The number of hydrogen-bond acceptors (Lipinski definition) is 8. The van der Waals surface area contributed by atoms with E-state index in [4.69, 9.17) is 19.4 Å². The molecule has 0 unspecified atom stereocenters. The van der Waals surface area contributed by atoms with Crippen LogP contribution in [0.4, 0.5) is 9.59 Å². The summed E-state index contributed by atoms with van der Waals surface area (Å²) < 4.78 is 9.98. The largest absolute Gasteiger partial charge is 0.453 e. The Labute approximate surface area is 453 Å². The van der Waals surface area contributed by atoms with Gasteiger partial charge in [0.25, 0.3) is 0 Å². The number of nitrogens with zero attached hydrogens (tertiary/aromatic N) is 4. The Morgan fingerprint density at radius 3 is 1.62 bits per heavy atom. The summed E-state index contributed by atoms with van der Waals surface area (Å²) in [6.07, 6.45) is 13.2. The van der Waals surface area contributed by atoms with Crippen LogP contribution in [0.3, 0.4) is 0 Å². The van der Waals surface area contributed by atoms with Crippen LogP contribution in [0.25, 0.3) is 44.3 Å². The second-order valence-corrected chi connectivity index (χ2v) is 23.4. The molecular formula is C63H78N8O6. The Balaban J connectivity index is 0.862. The van der Waals surface area contributed by atoms with E-state index in [-0.39, 0.29) is 53.7 Å². The topological polar surface area (TPSA) is 175 Å². The molecule has 11 atom stereocenters.